The topological polar surface area (TPSA) is 33.1 Å². The molecule has 0 radical (unpaired) electrons. The zero-order valence-electron chi connectivity index (χ0n) is 11.1. The molecule has 0 saturated heterocycles. The van der Waals surface area contributed by atoms with Gasteiger partial charge in [-0.1, -0.05) is 19.1 Å². The summed E-state index contributed by atoms with van der Waals surface area (Å²) < 4.78 is 51.3. The number of aliphatic hydroxyl groups excluding tert-OH is 1. The van der Waals surface area contributed by atoms with Gasteiger partial charge in [0.1, 0.15) is 5.82 Å². The van der Waals surface area contributed by atoms with E-state index in [1.807, 2.05) is 0 Å². The summed E-state index contributed by atoms with van der Waals surface area (Å²) in [4.78, 5) is 4.06. The minimum atomic E-state index is -4.80. The number of halogens is 4. The van der Waals surface area contributed by atoms with Crippen LogP contribution in [0.5, 0.6) is 0 Å². The van der Waals surface area contributed by atoms with E-state index in [-0.39, 0.29) is 5.56 Å². The van der Waals surface area contributed by atoms with Crippen molar-refractivity contribution in [2.45, 2.75) is 25.1 Å². The predicted octanol–water partition coefficient (Wildman–Crippen LogP) is 4.08. The van der Waals surface area contributed by atoms with E-state index in [0.29, 0.717) is 17.8 Å². The van der Waals surface area contributed by atoms with Crippen molar-refractivity contribution in [3.05, 3.63) is 65.2 Å². The number of hydrogen-bond donors (Lipinski definition) is 1. The van der Waals surface area contributed by atoms with Crippen molar-refractivity contribution in [3.8, 4) is 0 Å². The molecule has 2 rings (SSSR count). The maximum atomic E-state index is 13.2. The summed E-state index contributed by atoms with van der Waals surface area (Å²) in [6.45, 7) is 1.64. The molecule has 0 bridgehead atoms. The van der Waals surface area contributed by atoms with Gasteiger partial charge in [-0.05, 0) is 29.8 Å². The molecule has 1 N–H and O–H groups in total. The highest BCUT2D eigenvalue weighted by atomic mass is 19.4. The van der Waals surface area contributed by atoms with Crippen LogP contribution in [0.4, 0.5) is 17.6 Å². The molecule has 2 unspecified atom stereocenters. The van der Waals surface area contributed by atoms with Crippen LogP contribution in [0, 0.1) is 5.82 Å². The maximum Gasteiger partial charge on any atom is 0.419 e. The Balaban J connectivity index is 2.34. The summed E-state index contributed by atoms with van der Waals surface area (Å²) in [5, 5.41) is 10.2. The van der Waals surface area contributed by atoms with E-state index in [2.05, 4.69) is 4.98 Å². The largest absolute Gasteiger partial charge is 0.419 e. The van der Waals surface area contributed by atoms with E-state index in [1.54, 1.807) is 25.1 Å². The Bertz CT molecular complexity index is 613. The SMILES string of the molecule is CC(c1ccccn1)C(O)c1ccc(F)c(C(F)(F)F)c1. The lowest BCUT2D eigenvalue weighted by Crippen LogP contribution is -2.13. The fourth-order valence-corrected chi connectivity index (χ4v) is 2.04. The Morgan fingerprint density at radius 3 is 2.43 bits per heavy atom. The van der Waals surface area contributed by atoms with Crippen LogP contribution in [0.2, 0.25) is 0 Å². The summed E-state index contributed by atoms with van der Waals surface area (Å²) in [6.07, 6.45) is -4.47. The second-order valence-electron chi connectivity index (χ2n) is 4.73. The van der Waals surface area contributed by atoms with Gasteiger partial charge >= 0.3 is 6.18 Å². The van der Waals surface area contributed by atoms with E-state index < -0.39 is 29.6 Å². The summed E-state index contributed by atoms with van der Waals surface area (Å²) in [5.74, 6) is -1.87. The standard InChI is InChI=1S/C15H13F4NO/c1-9(13-4-2-3-7-20-13)14(21)10-5-6-12(16)11(8-10)15(17,18)19/h2-9,14,21H,1H3. The highest BCUT2D eigenvalue weighted by Gasteiger charge is 2.35. The molecule has 1 heterocycles. The molecule has 21 heavy (non-hydrogen) atoms. The average molecular weight is 299 g/mol. The Morgan fingerprint density at radius 1 is 1.14 bits per heavy atom. The summed E-state index contributed by atoms with van der Waals surface area (Å²) in [7, 11) is 0. The molecule has 2 nitrogen and oxygen atoms in total. The maximum absolute atomic E-state index is 13.2. The van der Waals surface area contributed by atoms with Crippen molar-refractivity contribution in [2.75, 3.05) is 0 Å². The van der Waals surface area contributed by atoms with E-state index in [4.69, 9.17) is 0 Å². The molecule has 0 aliphatic rings. The zero-order valence-corrected chi connectivity index (χ0v) is 11.1. The van der Waals surface area contributed by atoms with Gasteiger partial charge in [0, 0.05) is 17.8 Å². The van der Waals surface area contributed by atoms with Crippen molar-refractivity contribution >= 4 is 0 Å². The lowest BCUT2D eigenvalue weighted by atomic mass is 9.93. The minimum Gasteiger partial charge on any atom is -0.388 e. The van der Waals surface area contributed by atoms with Crippen molar-refractivity contribution in [3.63, 3.8) is 0 Å². The lowest BCUT2D eigenvalue weighted by molar-refractivity contribution is -0.140. The molecule has 0 fully saturated rings. The van der Waals surface area contributed by atoms with Crippen molar-refractivity contribution in [1.82, 2.24) is 4.98 Å². The second-order valence-corrected chi connectivity index (χ2v) is 4.73. The van der Waals surface area contributed by atoms with Crippen LogP contribution in [0.25, 0.3) is 0 Å². The Hall–Kier alpha value is -1.95. The average Bonchev–Trinajstić information content (AvgIpc) is 2.46. The predicted molar refractivity (Wildman–Crippen MR) is 69.0 cm³/mol. The van der Waals surface area contributed by atoms with E-state index in [0.717, 1.165) is 6.07 Å². The number of hydrogen-bond acceptors (Lipinski definition) is 2. The van der Waals surface area contributed by atoms with Gasteiger partial charge in [-0.15, -0.1) is 0 Å². The van der Waals surface area contributed by atoms with Crippen LogP contribution in [-0.4, -0.2) is 10.1 Å². The summed E-state index contributed by atoms with van der Waals surface area (Å²) in [6, 6.07) is 7.59. The van der Waals surface area contributed by atoms with Crippen molar-refractivity contribution < 1.29 is 22.7 Å². The third-order valence-electron chi connectivity index (χ3n) is 3.27. The highest BCUT2D eigenvalue weighted by molar-refractivity contribution is 5.30. The van der Waals surface area contributed by atoms with E-state index in [9.17, 15) is 22.7 Å². The number of aromatic nitrogens is 1. The van der Waals surface area contributed by atoms with E-state index in [1.165, 1.54) is 6.20 Å². The molecule has 0 amide bonds. The molecule has 2 atom stereocenters. The third kappa shape index (κ3) is 3.39. The smallest absolute Gasteiger partial charge is 0.388 e. The number of alkyl halides is 3. The third-order valence-corrected chi connectivity index (χ3v) is 3.27. The van der Waals surface area contributed by atoms with E-state index >= 15 is 0 Å². The summed E-state index contributed by atoms with van der Waals surface area (Å²) in [5.41, 5.74) is -0.836. The first-order valence-electron chi connectivity index (χ1n) is 6.26. The first-order valence-corrected chi connectivity index (χ1v) is 6.26. The minimum absolute atomic E-state index is 0.00174. The molecule has 2 aromatic rings. The van der Waals surface area contributed by atoms with Crippen LogP contribution in [-0.2, 0) is 6.18 Å². The van der Waals surface area contributed by atoms with Crippen LogP contribution < -0.4 is 0 Å². The lowest BCUT2D eigenvalue weighted by Gasteiger charge is -2.20. The first kappa shape index (κ1) is 15.4. The molecular weight excluding hydrogens is 286 g/mol. The normalized spacial score (nSPS) is 14.8. The number of nitrogens with zero attached hydrogens (tertiary/aromatic N) is 1. The van der Waals surface area contributed by atoms with Gasteiger partial charge in [-0.25, -0.2) is 4.39 Å². The molecular formula is C15H13F4NO. The van der Waals surface area contributed by atoms with Crippen LogP contribution in [0.1, 0.15) is 35.8 Å². The number of pyridine rings is 1. The molecule has 0 aliphatic carbocycles. The highest BCUT2D eigenvalue weighted by Crippen LogP contribution is 2.35. The van der Waals surface area contributed by atoms with Crippen LogP contribution in [0.3, 0.4) is 0 Å². The fourth-order valence-electron chi connectivity index (χ4n) is 2.04. The van der Waals surface area contributed by atoms with Gasteiger partial charge in [0.15, 0.2) is 0 Å². The molecule has 6 heteroatoms. The molecule has 0 aliphatic heterocycles. The number of rotatable bonds is 3. The molecule has 0 spiro atoms. The number of aliphatic hydroxyl groups is 1. The van der Waals surface area contributed by atoms with Gasteiger partial charge in [-0.2, -0.15) is 13.2 Å². The zero-order chi connectivity index (χ0) is 15.6. The Kier molecular flexibility index (Phi) is 4.27. The second kappa shape index (κ2) is 5.81. The van der Waals surface area contributed by atoms with Gasteiger partial charge < -0.3 is 5.11 Å². The first-order chi connectivity index (χ1) is 9.80. The van der Waals surface area contributed by atoms with Crippen LogP contribution in [0.15, 0.2) is 42.6 Å². The quantitative estimate of drug-likeness (QED) is 0.866. The van der Waals surface area contributed by atoms with Gasteiger partial charge in [0.05, 0.1) is 11.7 Å². The molecule has 1 aromatic carbocycles. The van der Waals surface area contributed by atoms with Gasteiger partial charge in [-0.3, -0.25) is 4.98 Å². The Labute approximate surface area is 119 Å². The number of benzene rings is 1. The van der Waals surface area contributed by atoms with Gasteiger partial charge in [0.2, 0.25) is 0 Å². The van der Waals surface area contributed by atoms with Crippen molar-refractivity contribution in [1.29, 1.82) is 0 Å². The molecule has 0 saturated carbocycles. The monoisotopic (exact) mass is 299 g/mol. The van der Waals surface area contributed by atoms with Crippen LogP contribution >= 0.6 is 0 Å². The Morgan fingerprint density at radius 2 is 1.86 bits per heavy atom. The fraction of sp³-hybridized carbons (Fsp3) is 0.267. The summed E-state index contributed by atoms with van der Waals surface area (Å²) >= 11 is 0. The van der Waals surface area contributed by atoms with Crippen molar-refractivity contribution in [2.24, 2.45) is 0 Å². The van der Waals surface area contributed by atoms with Gasteiger partial charge in [0.25, 0.3) is 0 Å². The molecule has 112 valence electrons. The molecule has 1 aromatic heterocycles.